The number of methoxy groups -OCH3 is 1. The van der Waals surface area contributed by atoms with Crippen LogP contribution < -0.4 is 20.7 Å². The van der Waals surface area contributed by atoms with E-state index in [-0.39, 0.29) is 17.4 Å². The molecule has 2 rings (SSSR count). The second-order valence-electron chi connectivity index (χ2n) is 6.65. The zero-order valence-electron chi connectivity index (χ0n) is 15.6. The molecule has 0 aliphatic heterocycles. The Labute approximate surface area is 153 Å². The fourth-order valence-electron chi connectivity index (χ4n) is 2.55. The summed E-state index contributed by atoms with van der Waals surface area (Å²) >= 11 is 0. The van der Waals surface area contributed by atoms with Gasteiger partial charge in [0.1, 0.15) is 5.75 Å². The Morgan fingerprint density at radius 2 is 1.73 bits per heavy atom. The summed E-state index contributed by atoms with van der Waals surface area (Å²) in [6, 6.07) is 14.7. The third kappa shape index (κ3) is 5.24. The van der Waals surface area contributed by atoms with Crippen molar-refractivity contribution in [3.8, 4) is 5.75 Å². The van der Waals surface area contributed by atoms with E-state index in [1.165, 1.54) is 14.0 Å². The number of benzene rings is 2. The summed E-state index contributed by atoms with van der Waals surface area (Å²) in [6.07, 6.45) is 0. The number of amides is 3. The van der Waals surface area contributed by atoms with Gasteiger partial charge >= 0.3 is 6.03 Å². The Morgan fingerprint density at radius 3 is 2.35 bits per heavy atom. The maximum atomic E-state index is 12.3. The van der Waals surface area contributed by atoms with Gasteiger partial charge in [0.25, 0.3) is 0 Å². The molecule has 0 aromatic heterocycles. The molecule has 0 spiro atoms. The molecule has 0 aliphatic carbocycles. The molecule has 26 heavy (non-hydrogen) atoms. The molecule has 6 heteroatoms. The molecule has 0 aliphatic rings. The van der Waals surface area contributed by atoms with Crippen LogP contribution >= 0.6 is 0 Å². The molecule has 6 nitrogen and oxygen atoms in total. The Balaban J connectivity index is 2.04. The molecular formula is C20H25N3O3. The van der Waals surface area contributed by atoms with E-state index in [1.54, 1.807) is 18.2 Å². The van der Waals surface area contributed by atoms with E-state index in [9.17, 15) is 9.59 Å². The summed E-state index contributed by atoms with van der Waals surface area (Å²) in [7, 11) is 1.52. The Hall–Kier alpha value is -3.02. The van der Waals surface area contributed by atoms with Gasteiger partial charge in [-0.1, -0.05) is 44.2 Å². The molecule has 3 N–H and O–H groups in total. The van der Waals surface area contributed by atoms with Gasteiger partial charge in [0.15, 0.2) is 0 Å². The van der Waals surface area contributed by atoms with Gasteiger partial charge in [-0.25, -0.2) is 4.79 Å². The number of nitrogens with one attached hydrogen (secondary N) is 3. The minimum Gasteiger partial charge on any atom is -0.495 e. The minimum absolute atomic E-state index is 0.185. The first-order chi connectivity index (χ1) is 12.3. The smallest absolute Gasteiger partial charge is 0.319 e. The molecule has 0 fully saturated rings. The van der Waals surface area contributed by atoms with Crippen molar-refractivity contribution in [2.75, 3.05) is 24.3 Å². The van der Waals surface area contributed by atoms with Crippen molar-refractivity contribution in [3.05, 3.63) is 54.1 Å². The fourth-order valence-corrected chi connectivity index (χ4v) is 2.55. The number of hydrogen-bond donors (Lipinski definition) is 3. The number of anilines is 2. The van der Waals surface area contributed by atoms with Gasteiger partial charge in [0.05, 0.1) is 12.8 Å². The summed E-state index contributed by atoms with van der Waals surface area (Å²) < 4.78 is 5.27. The molecule has 0 radical (unpaired) electrons. The van der Waals surface area contributed by atoms with Crippen LogP contribution in [0.1, 0.15) is 26.3 Å². The largest absolute Gasteiger partial charge is 0.495 e. The van der Waals surface area contributed by atoms with E-state index in [4.69, 9.17) is 4.74 Å². The lowest BCUT2D eigenvalue weighted by molar-refractivity contribution is -0.114. The molecule has 138 valence electrons. The summed E-state index contributed by atoms with van der Waals surface area (Å²) in [5.41, 5.74) is 2.00. The van der Waals surface area contributed by atoms with Crippen LogP contribution in [0, 0.1) is 0 Å². The Bertz CT molecular complexity index is 773. The lowest BCUT2D eigenvalue weighted by Gasteiger charge is -2.25. The van der Waals surface area contributed by atoms with Crippen LogP contribution in [-0.2, 0) is 10.2 Å². The fraction of sp³-hybridized carbons (Fsp3) is 0.300. The first-order valence-electron chi connectivity index (χ1n) is 8.38. The summed E-state index contributed by atoms with van der Waals surface area (Å²) in [6.45, 7) is 6.04. The van der Waals surface area contributed by atoms with Crippen LogP contribution in [0.2, 0.25) is 0 Å². The summed E-state index contributed by atoms with van der Waals surface area (Å²) in [5, 5.41) is 8.34. The van der Waals surface area contributed by atoms with Crippen molar-refractivity contribution in [2.45, 2.75) is 26.2 Å². The molecule has 0 bridgehead atoms. The van der Waals surface area contributed by atoms with E-state index in [1.807, 2.05) is 30.3 Å². The highest BCUT2D eigenvalue weighted by atomic mass is 16.5. The SMILES string of the molecule is COc1ccc(NC(C)=O)cc1NC(=O)NCC(C)(C)c1ccccc1. The van der Waals surface area contributed by atoms with E-state index < -0.39 is 0 Å². The van der Waals surface area contributed by atoms with Crippen molar-refractivity contribution in [3.63, 3.8) is 0 Å². The molecule has 0 saturated heterocycles. The topological polar surface area (TPSA) is 79.5 Å². The molecule has 0 unspecified atom stereocenters. The second kappa shape index (κ2) is 8.38. The third-order valence-electron chi connectivity index (χ3n) is 4.01. The van der Waals surface area contributed by atoms with Gasteiger partial charge < -0.3 is 20.7 Å². The normalized spacial score (nSPS) is 10.8. The predicted octanol–water partition coefficient (Wildman–Crippen LogP) is 3.75. The number of hydrogen-bond acceptors (Lipinski definition) is 3. The van der Waals surface area contributed by atoms with E-state index in [0.29, 0.717) is 23.7 Å². The first-order valence-corrected chi connectivity index (χ1v) is 8.38. The first kappa shape index (κ1) is 19.3. The van der Waals surface area contributed by atoms with Gasteiger partial charge in [-0.2, -0.15) is 0 Å². The van der Waals surface area contributed by atoms with Gasteiger partial charge in [-0.3, -0.25) is 4.79 Å². The number of urea groups is 1. The molecule has 2 aromatic rings. The number of carbonyl (C=O) groups excluding carboxylic acids is 2. The van der Waals surface area contributed by atoms with Crippen LogP contribution in [-0.4, -0.2) is 25.6 Å². The molecule has 0 saturated carbocycles. The van der Waals surface area contributed by atoms with Crippen LogP contribution in [0.4, 0.5) is 16.2 Å². The van der Waals surface area contributed by atoms with Crippen molar-refractivity contribution >= 4 is 23.3 Å². The van der Waals surface area contributed by atoms with Crippen molar-refractivity contribution in [1.29, 1.82) is 0 Å². The Morgan fingerprint density at radius 1 is 1.04 bits per heavy atom. The Kier molecular flexibility index (Phi) is 6.22. The molecule has 2 aromatic carbocycles. The zero-order valence-corrected chi connectivity index (χ0v) is 15.6. The number of rotatable bonds is 6. The van der Waals surface area contributed by atoms with Crippen LogP contribution in [0.15, 0.2) is 48.5 Å². The second-order valence-corrected chi connectivity index (χ2v) is 6.65. The highest BCUT2D eigenvalue weighted by Crippen LogP contribution is 2.28. The zero-order chi connectivity index (χ0) is 19.2. The van der Waals surface area contributed by atoms with E-state index in [2.05, 4.69) is 29.8 Å². The van der Waals surface area contributed by atoms with Crippen molar-refractivity contribution < 1.29 is 14.3 Å². The van der Waals surface area contributed by atoms with Crippen LogP contribution in [0.25, 0.3) is 0 Å². The standard InChI is InChI=1S/C20H25N3O3/c1-14(24)22-16-10-11-18(26-4)17(12-16)23-19(25)21-13-20(2,3)15-8-6-5-7-9-15/h5-12H,13H2,1-4H3,(H,22,24)(H2,21,23,25). The molecule has 3 amide bonds. The monoisotopic (exact) mass is 355 g/mol. The van der Waals surface area contributed by atoms with Gasteiger partial charge in [-0.05, 0) is 23.8 Å². The average molecular weight is 355 g/mol. The summed E-state index contributed by atoms with van der Waals surface area (Å²) in [4.78, 5) is 23.5. The van der Waals surface area contributed by atoms with Gasteiger partial charge in [0.2, 0.25) is 5.91 Å². The summed E-state index contributed by atoms with van der Waals surface area (Å²) in [5.74, 6) is 0.326. The molecule has 0 atom stereocenters. The number of carbonyl (C=O) groups is 2. The molecular weight excluding hydrogens is 330 g/mol. The van der Waals surface area contributed by atoms with Crippen LogP contribution in [0.5, 0.6) is 5.75 Å². The maximum absolute atomic E-state index is 12.3. The van der Waals surface area contributed by atoms with Crippen LogP contribution in [0.3, 0.4) is 0 Å². The lowest BCUT2D eigenvalue weighted by atomic mass is 9.85. The van der Waals surface area contributed by atoms with Gasteiger partial charge in [0, 0.05) is 24.6 Å². The van der Waals surface area contributed by atoms with Crippen molar-refractivity contribution in [2.24, 2.45) is 0 Å². The molecule has 0 heterocycles. The third-order valence-corrected chi connectivity index (χ3v) is 4.01. The lowest BCUT2D eigenvalue weighted by Crippen LogP contribution is -2.39. The van der Waals surface area contributed by atoms with Crippen molar-refractivity contribution in [1.82, 2.24) is 5.32 Å². The average Bonchev–Trinajstić information content (AvgIpc) is 2.61. The van der Waals surface area contributed by atoms with E-state index >= 15 is 0 Å². The van der Waals surface area contributed by atoms with E-state index in [0.717, 1.165) is 5.56 Å². The predicted molar refractivity (Wildman–Crippen MR) is 104 cm³/mol. The highest BCUT2D eigenvalue weighted by Gasteiger charge is 2.21. The maximum Gasteiger partial charge on any atom is 0.319 e. The van der Waals surface area contributed by atoms with Gasteiger partial charge in [-0.15, -0.1) is 0 Å². The minimum atomic E-state index is -0.340. The quantitative estimate of drug-likeness (QED) is 0.738. The number of ether oxygens (including phenoxy) is 1. The highest BCUT2D eigenvalue weighted by molar-refractivity contribution is 5.94.